The van der Waals surface area contributed by atoms with E-state index in [-0.39, 0.29) is 29.1 Å². The number of amides is 1. The summed E-state index contributed by atoms with van der Waals surface area (Å²) in [5.41, 5.74) is 0. The molecule has 2 unspecified atom stereocenters. The van der Waals surface area contributed by atoms with Gasteiger partial charge in [0, 0.05) is 46.1 Å². The highest BCUT2D eigenvalue weighted by Gasteiger charge is 2.36. The van der Waals surface area contributed by atoms with Crippen molar-refractivity contribution in [2.75, 3.05) is 45.8 Å². The fourth-order valence-corrected chi connectivity index (χ4v) is 6.22. The molecule has 1 amide bonds. The Morgan fingerprint density at radius 1 is 1.03 bits per heavy atom. The predicted octanol–water partition coefficient (Wildman–Crippen LogP) is 1.73. The van der Waals surface area contributed by atoms with Gasteiger partial charge in [0.25, 0.3) is 0 Å². The lowest BCUT2D eigenvalue weighted by molar-refractivity contribution is -0.139. The minimum absolute atomic E-state index is 0.00417. The van der Waals surface area contributed by atoms with Crippen LogP contribution in [-0.2, 0) is 19.6 Å². The average Bonchev–Trinajstić information content (AvgIpc) is 2.99. The van der Waals surface area contributed by atoms with Crippen molar-refractivity contribution >= 4 is 21.9 Å². The van der Waals surface area contributed by atoms with Crippen LogP contribution in [0.1, 0.15) is 32.6 Å². The second kappa shape index (κ2) is 10.6. The van der Waals surface area contributed by atoms with Gasteiger partial charge in [0.2, 0.25) is 15.9 Å². The number of piperidine rings is 1. The Morgan fingerprint density at radius 3 is 2.45 bits per heavy atom. The minimum Gasteiger partial charge on any atom is -0.481 e. The van der Waals surface area contributed by atoms with E-state index in [4.69, 9.17) is 0 Å². The Bertz CT molecular complexity index is 861. The number of carbonyl (C=O) groups is 2. The SMILES string of the molecule is CC(=O)N1CCCN(CCC2CN(S(=O)(=O)c3ccccc3)CCC2CC(=O)O)CC1. The summed E-state index contributed by atoms with van der Waals surface area (Å²) < 4.78 is 27.7. The number of carboxylic acid groups (broad SMARTS) is 1. The molecule has 31 heavy (non-hydrogen) atoms. The number of sulfonamides is 1. The van der Waals surface area contributed by atoms with Crippen LogP contribution in [0.3, 0.4) is 0 Å². The zero-order valence-corrected chi connectivity index (χ0v) is 19.0. The van der Waals surface area contributed by atoms with Gasteiger partial charge in [-0.05, 0) is 56.3 Å². The standard InChI is InChI=1S/C22H33N3O5S/c1-18(26)24-11-5-10-23(14-15-24)12-8-20-17-25(13-9-19(20)16-22(27)28)31(29,30)21-6-3-2-4-7-21/h2-4,6-7,19-20H,5,8-17H2,1H3,(H,27,28). The van der Waals surface area contributed by atoms with Crippen LogP contribution in [-0.4, -0.2) is 85.3 Å². The summed E-state index contributed by atoms with van der Waals surface area (Å²) in [5.74, 6) is -0.769. The predicted molar refractivity (Wildman–Crippen MR) is 117 cm³/mol. The molecule has 1 aromatic carbocycles. The monoisotopic (exact) mass is 451 g/mol. The van der Waals surface area contributed by atoms with Crippen LogP contribution in [0.25, 0.3) is 0 Å². The molecule has 2 aliphatic heterocycles. The molecule has 2 saturated heterocycles. The Balaban J connectivity index is 1.66. The second-order valence-corrected chi connectivity index (χ2v) is 10.5. The summed E-state index contributed by atoms with van der Waals surface area (Å²) in [6, 6.07) is 8.42. The van der Waals surface area contributed by atoms with Gasteiger partial charge in [-0.15, -0.1) is 0 Å². The van der Waals surface area contributed by atoms with Gasteiger partial charge >= 0.3 is 5.97 Å². The fourth-order valence-electron chi connectivity index (χ4n) is 4.69. The van der Waals surface area contributed by atoms with Gasteiger partial charge in [-0.2, -0.15) is 4.31 Å². The third-order valence-corrected chi connectivity index (χ3v) is 8.40. The Hall–Kier alpha value is -1.97. The first-order valence-corrected chi connectivity index (χ1v) is 12.5. The number of hydrogen-bond acceptors (Lipinski definition) is 5. The molecule has 3 rings (SSSR count). The van der Waals surface area contributed by atoms with Crippen molar-refractivity contribution in [3.8, 4) is 0 Å². The van der Waals surface area contributed by atoms with E-state index in [1.165, 1.54) is 4.31 Å². The van der Waals surface area contributed by atoms with Crippen molar-refractivity contribution in [1.82, 2.24) is 14.1 Å². The van der Waals surface area contributed by atoms with Crippen LogP contribution >= 0.6 is 0 Å². The first kappa shape index (κ1) is 23.7. The van der Waals surface area contributed by atoms with Crippen molar-refractivity contribution in [3.63, 3.8) is 0 Å². The highest BCUT2D eigenvalue weighted by atomic mass is 32.2. The highest BCUT2D eigenvalue weighted by molar-refractivity contribution is 7.89. The van der Waals surface area contributed by atoms with E-state index in [0.717, 1.165) is 39.0 Å². The lowest BCUT2D eigenvalue weighted by Crippen LogP contribution is -2.45. The van der Waals surface area contributed by atoms with Crippen LogP contribution in [0, 0.1) is 11.8 Å². The van der Waals surface area contributed by atoms with Crippen molar-refractivity contribution in [1.29, 1.82) is 0 Å². The van der Waals surface area contributed by atoms with E-state index in [2.05, 4.69) is 4.90 Å². The normalized spacial score (nSPS) is 24.0. The zero-order valence-electron chi connectivity index (χ0n) is 18.1. The van der Waals surface area contributed by atoms with Gasteiger partial charge in [0.15, 0.2) is 0 Å². The van der Waals surface area contributed by atoms with Gasteiger partial charge in [0.1, 0.15) is 0 Å². The van der Waals surface area contributed by atoms with E-state index in [1.54, 1.807) is 37.3 Å². The lowest BCUT2D eigenvalue weighted by atomic mass is 9.82. The van der Waals surface area contributed by atoms with Crippen LogP contribution in [0.5, 0.6) is 0 Å². The summed E-state index contributed by atoms with van der Waals surface area (Å²) in [7, 11) is -3.58. The molecule has 2 atom stereocenters. The summed E-state index contributed by atoms with van der Waals surface area (Å²) in [6.45, 7) is 6.23. The molecule has 9 heteroatoms. The molecule has 0 aliphatic carbocycles. The molecule has 172 valence electrons. The maximum atomic E-state index is 13.1. The van der Waals surface area contributed by atoms with Crippen LogP contribution in [0.4, 0.5) is 0 Å². The zero-order chi connectivity index (χ0) is 22.4. The number of nitrogens with zero attached hydrogens (tertiary/aromatic N) is 3. The van der Waals surface area contributed by atoms with Gasteiger partial charge in [-0.25, -0.2) is 8.42 Å². The number of carboxylic acids is 1. The van der Waals surface area contributed by atoms with Crippen molar-refractivity contribution < 1.29 is 23.1 Å². The van der Waals surface area contributed by atoms with Gasteiger partial charge in [-0.3, -0.25) is 9.59 Å². The highest BCUT2D eigenvalue weighted by Crippen LogP contribution is 2.32. The molecular weight excluding hydrogens is 418 g/mol. The summed E-state index contributed by atoms with van der Waals surface area (Å²) >= 11 is 0. The third kappa shape index (κ3) is 6.27. The fraction of sp³-hybridized carbons (Fsp3) is 0.636. The van der Waals surface area contributed by atoms with Crippen LogP contribution in [0.15, 0.2) is 35.2 Å². The van der Waals surface area contributed by atoms with Gasteiger partial charge in [0.05, 0.1) is 4.90 Å². The maximum Gasteiger partial charge on any atom is 0.303 e. The molecule has 8 nitrogen and oxygen atoms in total. The molecular formula is C22H33N3O5S. The second-order valence-electron chi connectivity index (χ2n) is 8.57. The van der Waals surface area contributed by atoms with E-state index < -0.39 is 16.0 Å². The molecule has 2 fully saturated rings. The van der Waals surface area contributed by atoms with Gasteiger partial charge in [-0.1, -0.05) is 18.2 Å². The summed E-state index contributed by atoms with van der Waals surface area (Å²) in [4.78, 5) is 27.5. The minimum atomic E-state index is -3.58. The molecule has 0 aromatic heterocycles. The first-order valence-electron chi connectivity index (χ1n) is 11.0. The third-order valence-electron chi connectivity index (χ3n) is 6.52. The topological polar surface area (TPSA) is 98.2 Å². The van der Waals surface area contributed by atoms with E-state index in [1.807, 2.05) is 4.90 Å². The summed E-state index contributed by atoms with van der Waals surface area (Å²) in [5, 5.41) is 9.34. The van der Waals surface area contributed by atoms with E-state index in [0.29, 0.717) is 26.1 Å². The number of benzene rings is 1. The number of aliphatic carboxylic acids is 1. The first-order chi connectivity index (χ1) is 14.8. The average molecular weight is 452 g/mol. The quantitative estimate of drug-likeness (QED) is 0.678. The Kier molecular flexibility index (Phi) is 8.07. The van der Waals surface area contributed by atoms with Crippen molar-refractivity contribution in [3.05, 3.63) is 30.3 Å². The smallest absolute Gasteiger partial charge is 0.303 e. The van der Waals surface area contributed by atoms with E-state index >= 15 is 0 Å². The lowest BCUT2D eigenvalue weighted by Gasteiger charge is -2.38. The molecule has 2 aliphatic rings. The number of carbonyl (C=O) groups excluding carboxylic acids is 1. The summed E-state index contributed by atoms with van der Waals surface area (Å²) in [6.07, 6.45) is 2.29. The number of hydrogen-bond donors (Lipinski definition) is 1. The van der Waals surface area contributed by atoms with E-state index in [9.17, 15) is 23.1 Å². The molecule has 1 aromatic rings. The molecule has 0 bridgehead atoms. The Morgan fingerprint density at radius 2 is 1.77 bits per heavy atom. The van der Waals surface area contributed by atoms with Crippen molar-refractivity contribution in [2.24, 2.45) is 11.8 Å². The number of rotatable bonds is 7. The maximum absolute atomic E-state index is 13.1. The molecule has 1 N–H and O–H groups in total. The largest absolute Gasteiger partial charge is 0.481 e. The molecule has 0 spiro atoms. The van der Waals surface area contributed by atoms with Crippen molar-refractivity contribution in [2.45, 2.75) is 37.5 Å². The molecule has 0 saturated carbocycles. The van der Waals surface area contributed by atoms with Crippen LogP contribution < -0.4 is 0 Å². The molecule has 0 radical (unpaired) electrons. The molecule has 2 heterocycles. The van der Waals surface area contributed by atoms with Crippen LogP contribution in [0.2, 0.25) is 0 Å². The van der Waals surface area contributed by atoms with Gasteiger partial charge < -0.3 is 14.9 Å². The Labute approximate surface area is 184 Å².